The molecule has 0 bridgehead atoms. The maximum Gasteiger partial charge on any atom is 0.204 e. The predicted molar refractivity (Wildman–Crippen MR) is 62.3 cm³/mol. The summed E-state index contributed by atoms with van der Waals surface area (Å²) in [7, 11) is 1.67. The van der Waals surface area contributed by atoms with Crippen LogP contribution in [0.25, 0.3) is 0 Å². The van der Waals surface area contributed by atoms with Gasteiger partial charge in [0, 0.05) is 18.8 Å². The minimum atomic E-state index is -1.17. The Labute approximate surface area is 103 Å². The molecule has 2 rings (SSSR count). The molecular weight excluding hydrogens is 233 g/mol. The van der Waals surface area contributed by atoms with Crippen LogP contribution in [0.5, 0.6) is 0 Å². The number of ketones is 1. The summed E-state index contributed by atoms with van der Waals surface area (Å²) >= 11 is 0. The molecule has 5 heteroatoms. The molecule has 4 nitrogen and oxygen atoms in total. The van der Waals surface area contributed by atoms with Crippen LogP contribution in [0.2, 0.25) is 0 Å². The monoisotopic (exact) mass is 243 g/mol. The van der Waals surface area contributed by atoms with Crippen molar-refractivity contribution in [2.24, 2.45) is 7.05 Å². The maximum absolute atomic E-state index is 13.6. The molecule has 1 atom stereocenters. The first kappa shape index (κ1) is 12.0. The minimum absolute atomic E-state index is 0.0793. The van der Waals surface area contributed by atoms with Gasteiger partial charge in [-0.05, 0) is 12.1 Å². The molecule has 2 aromatic rings. The Balaban J connectivity index is 2.39. The average Bonchev–Trinajstić information content (AvgIpc) is 2.79. The fourth-order valence-corrected chi connectivity index (χ4v) is 1.67. The van der Waals surface area contributed by atoms with E-state index in [2.05, 4.69) is 5.10 Å². The Hall–Kier alpha value is -2.48. The normalized spacial score (nSPS) is 11.8. The Morgan fingerprint density at radius 2 is 2.17 bits per heavy atom. The summed E-state index contributed by atoms with van der Waals surface area (Å²) in [5.41, 5.74) is 0.239. The number of hydrogen-bond acceptors (Lipinski definition) is 3. The molecule has 1 aromatic heterocycles. The van der Waals surface area contributed by atoms with Crippen LogP contribution in [-0.2, 0) is 7.05 Å². The summed E-state index contributed by atoms with van der Waals surface area (Å²) in [4.78, 5) is 12.1. The van der Waals surface area contributed by atoms with E-state index in [0.29, 0.717) is 0 Å². The molecule has 0 saturated carbocycles. The second-order valence-corrected chi connectivity index (χ2v) is 3.82. The molecule has 0 radical (unpaired) electrons. The van der Waals surface area contributed by atoms with E-state index in [0.717, 1.165) is 0 Å². The van der Waals surface area contributed by atoms with Crippen molar-refractivity contribution in [1.82, 2.24) is 9.78 Å². The van der Waals surface area contributed by atoms with E-state index >= 15 is 0 Å². The third kappa shape index (κ3) is 2.13. The lowest BCUT2D eigenvalue weighted by atomic mass is 9.94. The smallest absolute Gasteiger partial charge is 0.204 e. The second-order valence-electron chi connectivity index (χ2n) is 3.82. The summed E-state index contributed by atoms with van der Waals surface area (Å²) < 4.78 is 15.0. The fraction of sp³-hybridized carbons (Fsp3) is 0.154. The number of aromatic nitrogens is 2. The lowest BCUT2D eigenvalue weighted by molar-refractivity contribution is 0.0972. The number of halogens is 1. The van der Waals surface area contributed by atoms with Gasteiger partial charge in [-0.15, -0.1) is 0 Å². The van der Waals surface area contributed by atoms with E-state index in [1.54, 1.807) is 19.3 Å². The van der Waals surface area contributed by atoms with Crippen molar-refractivity contribution in [3.05, 3.63) is 53.6 Å². The third-order valence-electron chi connectivity index (χ3n) is 2.57. The van der Waals surface area contributed by atoms with Gasteiger partial charge >= 0.3 is 0 Å². The van der Waals surface area contributed by atoms with Gasteiger partial charge in [-0.3, -0.25) is 9.48 Å². The molecule has 0 spiro atoms. The molecule has 0 N–H and O–H groups in total. The van der Waals surface area contributed by atoms with Crippen molar-refractivity contribution in [2.75, 3.05) is 0 Å². The first-order valence-electron chi connectivity index (χ1n) is 5.31. The zero-order valence-corrected chi connectivity index (χ0v) is 9.67. The van der Waals surface area contributed by atoms with Crippen molar-refractivity contribution in [2.45, 2.75) is 5.92 Å². The molecule has 0 amide bonds. The van der Waals surface area contributed by atoms with E-state index in [1.165, 1.54) is 28.9 Å². The maximum atomic E-state index is 13.6. The Morgan fingerprint density at radius 3 is 2.72 bits per heavy atom. The highest BCUT2D eigenvalue weighted by Gasteiger charge is 2.25. The van der Waals surface area contributed by atoms with E-state index in [-0.39, 0.29) is 11.3 Å². The first-order chi connectivity index (χ1) is 8.63. The lowest BCUT2D eigenvalue weighted by Gasteiger charge is -2.07. The van der Waals surface area contributed by atoms with Crippen LogP contribution in [0, 0.1) is 17.1 Å². The number of rotatable bonds is 3. The predicted octanol–water partition coefficient (Wildman–Crippen LogP) is 2.05. The summed E-state index contributed by atoms with van der Waals surface area (Å²) in [5, 5.41) is 13.0. The molecule has 0 aliphatic heterocycles. The van der Waals surface area contributed by atoms with Crippen LogP contribution in [-0.4, -0.2) is 15.6 Å². The van der Waals surface area contributed by atoms with E-state index < -0.39 is 17.5 Å². The number of nitriles is 1. The number of benzene rings is 1. The highest BCUT2D eigenvalue weighted by atomic mass is 19.1. The number of aryl methyl sites for hydroxylation is 1. The molecule has 1 unspecified atom stereocenters. The molecule has 0 aliphatic rings. The van der Waals surface area contributed by atoms with Crippen LogP contribution in [0.4, 0.5) is 4.39 Å². The van der Waals surface area contributed by atoms with Crippen LogP contribution in [0.3, 0.4) is 0 Å². The summed E-state index contributed by atoms with van der Waals surface area (Å²) in [6.45, 7) is 0. The highest BCUT2D eigenvalue weighted by Crippen LogP contribution is 2.22. The van der Waals surface area contributed by atoms with Gasteiger partial charge in [0.1, 0.15) is 17.4 Å². The standard InChI is InChI=1S/C13H10FN3O/c1-17-7-6-12(16-17)13(18)10(8-15)9-4-2-3-5-11(9)14/h2-7,10H,1H3. The number of carbonyl (C=O) groups excluding carboxylic acids is 1. The van der Waals surface area contributed by atoms with E-state index in [9.17, 15) is 9.18 Å². The second kappa shape index (κ2) is 4.80. The van der Waals surface area contributed by atoms with Crippen LogP contribution in [0.15, 0.2) is 36.5 Å². The van der Waals surface area contributed by atoms with E-state index in [1.807, 2.05) is 6.07 Å². The topological polar surface area (TPSA) is 58.7 Å². The minimum Gasteiger partial charge on any atom is -0.290 e. The Morgan fingerprint density at radius 1 is 1.44 bits per heavy atom. The largest absolute Gasteiger partial charge is 0.290 e. The number of carbonyl (C=O) groups is 1. The summed E-state index contributed by atoms with van der Waals surface area (Å²) in [6, 6.07) is 9.10. The molecule has 18 heavy (non-hydrogen) atoms. The van der Waals surface area contributed by atoms with Gasteiger partial charge in [0.2, 0.25) is 5.78 Å². The van der Waals surface area contributed by atoms with Gasteiger partial charge in [0.15, 0.2) is 0 Å². The van der Waals surface area contributed by atoms with Gasteiger partial charge in [-0.1, -0.05) is 18.2 Å². The average molecular weight is 243 g/mol. The number of hydrogen-bond donors (Lipinski definition) is 0. The lowest BCUT2D eigenvalue weighted by Crippen LogP contribution is -2.13. The van der Waals surface area contributed by atoms with Gasteiger partial charge < -0.3 is 0 Å². The Bertz CT molecular complexity index is 627. The van der Waals surface area contributed by atoms with Crippen molar-refractivity contribution >= 4 is 5.78 Å². The van der Waals surface area contributed by atoms with Crippen molar-refractivity contribution in [3.8, 4) is 6.07 Å². The zero-order chi connectivity index (χ0) is 13.1. The van der Waals surface area contributed by atoms with Crippen LogP contribution < -0.4 is 0 Å². The zero-order valence-electron chi connectivity index (χ0n) is 9.67. The highest BCUT2D eigenvalue weighted by molar-refractivity contribution is 6.01. The summed E-state index contributed by atoms with van der Waals surface area (Å²) in [6.07, 6.45) is 1.60. The number of nitrogens with zero attached hydrogens (tertiary/aromatic N) is 3. The van der Waals surface area contributed by atoms with Gasteiger partial charge in [-0.2, -0.15) is 10.4 Å². The molecule has 0 fully saturated rings. The quantitative estimate of drug-likeness (QED) is 0.775. The Kier molecular flexibility index (Phi) is 3.20. The van der Waals surface area contributed by atoms with Crippen molar-refractivity contribution in [1.29, 1.82) is 5.26 Å². The third-order valence-corrected chi connectivity index (χ3v) is 2.57. The van der Waals surface area contributed by atoms with Crippen LogP contribution in [0.1, 0.15) is 22.0 Å². The molecule has 0 saturated heterocycles. The van der Waals surface area contributed by atoms with Gasteiger partial charge in [0.05, 0.1) is 6.07 Å². The molecule has 0 aliphatic carbocycles. The molecular formula is C13H10FN3O. The summed E-state index contributed by atoms with van der Waals surface area (Å²) in [5.74, 6) is -2.22. The van der Waals surface area contributed by atoms with Crippen LogP contribution >= 0.6 is 0 Å². The van der Waals surface area contributed by atoms with Crippen molar-refractivity contribution < 1.29 is 9.18 Å². The van der Waals surface area contributed by atoms with Crippen molar-refractivity contribution in [3.63, 3.8) is 0 Å². The van der Waals surface area contributed by atoms with E-state index in [4.69, 9.17) is 5.26 Å². The number of Topliss-reactive ketones (excluding diaryl/α,β-unsaturated/α-hetero) is 1. The first-order valence-corrected chi connectivity index (χ1v) is 5.31. The van der Waals surface area contributed by atoms with Gasteiger partial charge in [0.25, 0.3) is 0 Å². The molecule has 90 valence electrons. The molecule has 1 aromatic carbocycles. The molecule has 1 heterocycles. The SMILES string of the molecule is Cn1ccc(C(=O)C(C#N)c2ccccc2F)n1. The van der Waals surface area contributed by atoms with Gasteiger partial charge in [-0.25, -0.2) is 4.39 Å². The fourth-order valence-electron chi connectivity index (χ4n) is 1.67.